The van der Waals surface area contributed by atoms with E-state index >= 15 is 0 Å². The van der Waals surface area contributed by atoms with E-state index in [9.17, 15) is 14.9 Å². The lowest BCUT2D eigenvalue weighted by atomic mass is 9.94. The first-order chi connectivity index (χ1) is 9.02. The number of aromatic nitrogens is 2. The number of nitrogens with zero attached hydrogens (tertiary/aromatic N) is 3. The summed E-state index contributed by atoms with van der Waals surface area (Å²) in [5.74, 6) is -0.372. The van der Waals surface area contributed by atoms with Gasteiger partial charge in [0.25, 0.3) is 5.91 Å². The van der Waals surface area contributed by atoms with Crippen LogP contribution < -0.4 is 0 Å². The summed E-state index contributed by atoms with van der Waals surface area (Å²) in [4.78, 5) is 24.3. The van der Waals surface area contributed by atoms with Gasteiger partial charge in [-0.1, -0.05) is 19.3 Å². The van der Waals surface area contributed by atoms with Crippen LogP contribution in [0.4, 0.5) is 5.69 Å². The van der Waals surface area contributed by atoms with Crippen molar-refractivity contribution in [2.75, 3.05) is 7.05 Å². The van der Waals surface area contributed by atoms with Crippen molar-refractivity contribution in [3.63, 3.8) is 0 Å². The average molecular weight is 266 g/mol. The Morgan fingerprint density at radius 2 is 2.05 bits per heavy atom. The maximum Gasteiger partial charge on any atom is 0.322 e. The van der Waals surface area contributed by atoms with Crippen molar-refractivity contribution in [3.05, 3.63) is 21.5 Å². The van der Waals surface area contributed by atoms with Crippen LogP contribution in [0.5, 0.6) is 0 Å². The molecule has 1 aromatic heterocycles. The molecule has 1 saturated carbocycles. The minimum absolute atomic E-state index is 0.0874. The molecule has 7 heteroatoms. The third kappa shape index (κ3) is 2.59. The van der Waals surface area contributed by atoms with E-state index < -0.39 is 4.92 Å². The molecule has 1 heterocycles. The Kier molecular flexibility index (Phi) is 3.82. The topological polar surface area (TPSA) is 92.1 Å². The molecule has 0 atom stereocenters. The van der Waals surface area contributed by atoms with Gasteiger partial charge in [0, 0.05) is 13.1 Å². The number of hydrogen-bond acceptors (Lipinski definition) is 4. The van der Waals surface area contributed by atoms with E-state index in [1.165, 1.54) is 6.42 Å². The van der Waals surface area contributed by atoms with E-state index in [1.807, 2.05) is 0 Å². The Balaban J connectivity index is 2.21. The number of carbonyl (C=O) groups is 1. The smallest absolute Gasteiger partial charge is 0.322 e. The number of hydrogen-bond donors (Lipinski definition) is 1. The van der Waals surface area contributed by atoms with Gasteiger partial charge in [0.1, 0.15) is 5.69 Å². The highest BCUT2D eigenvalue weighted by Gasteiger charge is 2.32. The van der Waals surface area contributed by atoms with Gasteiger partial charge in [-0.05, 0) is 19.8 Å². The normalized spacial score (nSPS) is 16.3. The van der Waals surface area contributed by atoms with Crippen molar-refractivity contribution >= 4 is 11.6 Å². The second-order valence-electron chi connectivity index (χ2n) is 5.01. The Hall–Kier alpha value is -1.92. The maximum absolute atomic E-state index is 12.3. The summed E-state index contributed by atoms with van der Waals surface area (Å²) in [6.07, 6.45) is 5.31. The van der Waals surface area contributed by atoms with Crippen molar-refractivity contribution in [1.82, 2.24) is 15.1 Å². The molecule has 2 rings (SSSR count). The summed E-state index contributed by atoms with van der Waals surface area (Å²) < 4.78 is 0. The number of carbonyl (C=O) groups excluding carboxylic acids is 1. The van der Waals surface area contributed by atoms with E-state index in [-0.39, 0.29) is 23.3 Å². The predicted molar refractivity (Wildman–Crippen MR) is 68.9 cm³/mol. The lowest BCUT2D eigenvalue weighted by Gasteiger charge is -2.30. The van der Waals surface area contributed by atoms with Crippen molar-refractivity contribution in [1.29, 1.82) is 0 Å². The zero-order valence-corrected chi connectivity index (χ0v) is 11.2. The highest BCUT2D eigenvalue weighted by molar-refractivity contribution is 5.96. The lowest BCUT2D eigenvalue weighted by Crippen LogP contribution is -2.38. The first-order valence-electron chi connectivity index (χ1n) is 6.49. The number of amides is 1. The molecule has 0 unspecified atom stereocenters. The highest BCUT2D eigenvalue weighted by Crippen LogP contribution is 2.26. The van der Waals surface area contributed by atoms with E-state index in [4.69, 9.17) is 0 Å². The van der Waals surface area contributed by atoms with Gasteiger partial charge in [0.05, 0.1) is 4.92 Å². The second-order valence-corrected chi connectivity index (χ2v) is 5.01. The maximum atomic E-state index is 12.3. The van der Waals surface area contributed by atoms with Crippen LogP contribution in [0.1, 0.15) is 48.3 Å². The van der Waals surface area contributed by atoms with E-state index in [0.717, 1.165) is 25.7 Å². The van der Waals surface area contributed by atoms with E-state index in [2.05, 4.69) is 10.2 Å². The molecule has 1 amide bonds. The number of nitrogens with one attached hydrogen (secondary N) is 1. The van der Waals surface area contributed by atoms with Crippen LogP contribution in [0.2, 0.25) is 0 Å². The lowest BCUT2D eigenvalue weighted by molar-refractivity contribution is -0.385. The van der Waals surface area contributed by atoms with Crippen LogP contribution in [-0.2, 0) is 0 Å². The predicted octanol–water partition coefficient (Wildman–Crippen LogP) is 2.03. The van der Waals surface area contributed by atoms with Gasteiger partial charge in [0.15, 0.2) is 0 Å². The number of aromatic amines is 1. The van der Waals surface area contributed by atoms with Gasteiger partial charge in [-0.15, -0.1) is 0 Å². The molecule has 1 aromatic rings. The highest BCUT2D eigenvalue weighted by atomic mass is 16.6. The molecule has 0 aromatic carbocycles. The molecule has 104 valence electrons. The average Bonchev–Trinajstić information content (AvgIpc) is 2.80. The Labute approximate surface area is 111 Å². The fraction of sp³-hybridized carbons (Fsp3) is 0.667. The minimum atomic E-state index is -0.555. The molecule has 1 N–H and O–H groups in total. The van der Waals surface area contributed by atoms with E-state index in [1.54, 1.807) is 18.9 Å². The molecule has 7 nitrogen and oxygen atoms in total. The van der Waals surface area contributed by atoms with Crippen molar-refractivity contribution in [2.45, 2.75) is 45.1 Å². The molecule has 1 aliphatic carbocycles. The molecule has 0 radical (unpaired) electrons. The standard InChI is InChI=1S/C12H18N4O3/c1-8-11(16(18)19)10(14-13-8)12(17)15(2)9-6-4-3-5-7-9/h9H,3-7H2,1-2H3,(H,13,14). The summed E-state index contributed by atoms with van der Waals surface area (Å²) in [6, 6.07) is 0.165. The van der Waals surface area contributed by atoms with Crippen LogP contribution in [0.25, 0.3) is 0 Å². The fourth-order valence-corrected chi connectivity index (χ4v) is 2.60. The zero-order chi connectivity index (χ0) is 14.0. The van der Waals surface area contributed by atoms with Gasteiger partial charge >= 0.3 is 5.69 Å². The van der Waals surface area contributed by atoms with Crippen molar-refractivity contribution < 1.29 is 9.72 Å². The summed E-state index contributed by atoms with van der Waals surface area (Å²) in [5, 5.41) is 17.3. The summed E-state index contributed by atoms with van der Waals surface area (Å²) in [7, 11) is 1.70. The van der Waals surface area contributed by atoms with Crippen LogP contribution in [0.15, 0.2) is 0 Å². The molecule has 1 fully saturated rings. The van der Waals surface area contributed by atoms with Crippen LogP contribution in [-0.4, -0.2) is 39.0 Å². The third-order valence-corrected chi connectivity index (χ3v) is 3.74. The largest absolute Gasteiger partial charge is 0.337 e. The van der Waals surface area contributed by atoms with Gasteiger partial charge in [-0.3, -0.25) is 20.0 Å². The Bertz CT molecular complexity index is 491. The molecular weight excluding hydrogens is 248 g/mol. The second kappa shape index (κ2) is 5.38. The summed E-state index contributed by atoms with van der Waals surface area (Å²) >= 11 is 0. The first-order valence-corrected chi connectivity index (χ1v) is 6.49. The van der Waals surface area contributed by atoms with E-state index in [0.29, 0.717) is 5.69 Å². The third-order valence-electron chi connectivity index (χ3n) is 3.74. The molecule has 19 heavy (non-hydrogen) atoms. The summed E-state index contributed by atoms with van der Waals surface area (Å²) in [6.45, 7) is 1.54. The number of H-pyrrole nitrogens is 1. The number of rotatable bonds is 3. The molecule has 0 bridgehead atoms. The quantitative estimate of drug-likeness (QED) is 0.669. The molecule has 1 aliphatic rings. The Morgan fingerprint density at radius 3 is 2.63 bits per heavy atom. The molecule has 0 aliphatic heterocycles. The Morgan fingerprint density at radius 1 is 1.42 bits per heavy atom. The minimum Gasteiger partial charge on any atom is -0.337 e. The van der Waals surface area contributed by atoms with Gasteiger partial charge < -0.3 is 4.90 Å². The monoisotopic (exact) mass is 266 g/mol. The SMILES string of the molecule is Cc1[nH]nc(C(=O)N(C)C2CCCCC2)c1[N+](=O)[O-]. The van der Waals surface area contributed by atoms with Gasteiger partial charge in [-0.2, -0.15) is 5.10 Å². The first kappa shape index (κ1) is 13.5. The zero-order valence-electron chi connectivity index (χ0n) is 11.2. The number of nitro groups is 1. The molecular formula is C12H18N4O3. The van der Waals surface area contributed by atoms with Crippen LogP contribution in [0.3, 0.4) is 0 Å². The summed E-state index contributed by atoms with van der Waals surface area (Å²) in [5.41, 5.74) is 0.00799. The molecule has 0 spiro atoms. The molecule has 0 saturated heterocycles. The fourth-order valence-electron chi connectivity index (χ4n) is 2.60. The van der Waals surface area contributed by atoms with Crippen LogP contribution >= 0.6 is 0 Å². The number of aryl methyl sites for hydroxylation is 1. The van der Waals surface area contributed by atoms with Gasteiger partial charge in [0.2, 0.25) is 5.69 Å². The van der Waals surface area contributed by atoms with Crippen molar-refractivity contribution in [2.24, 2.45) is 0 Å². The van der Waals surface area contributed by atoms with Crippen LogP contribution in [0, 0.1) is 17.0 Å². The van der Waals surface area contributed by atoms with Gasteiger partial charge in [-0.25, -0.2) is 0 Å². The van der Waals surface area contributed by atoms with Crippen molar-refractivity contribution in [3.8, 4) is 0 Å².